The summed E-state index contributed by atoms with van der Waals surface area (Å²) in [5, 5.41) is -0.136. The molecule has 0 aliphatic heterocycles. The van der Waals surface area contributed by atoms with Gasteiger partial charge in [0, 0.05) is 17.1 Å². The molecule has 0 unspecified atom stereocenters. The second kappa shape index (κ2) is 5.16. The highest BCUT2D eigenvalue weighted by Crippen LogP contribution is 2.34. The van der Waals surface area contributed by atoms with Crippen LogP contribution in [0.2, 0.25) is 0 Å². The summed E-state index contributed by atoms with van der Waals surface area (Å²) in [6.45, 7) is -1.88. The number of fused-ring (bicyclic) bond motifs is 1. The van der Waals surface area contributed by atoms with Crippen LogP contribution in [0.1, 0.15) is 5.56 Å². The minimum Gasteiger partial charge on any atom is -0.361 e. The van der Waals surface area contributed by atoms with E-state index >= 15 is 0 Å². The summed E-state index contributed by atoms with van der Waals surface area (Å²) in [6.07, 6.45) is -8.48. The van der Waals surface area contributed by atoms with Gasteiger partial charge in [-0.1, -0.05) is 0 Å². The first-order valence-corrected chi connectivity index (χ1v) is 7.13. The zero-order valence-corrected chi connectivity index (χ0v) is 11.3. The van der Waals surface area contributed by atoms with Crippen molar-refractivity contribution in [2.75, 3.05) is 6.54 Å². The standard InChI is InChI=1S/C11H8F6N2O2S/c12-10(13,14)5-19-22(20,21)9-4-6(11(15,16)17)3-8-7(9)1-2-18-8/h1-4,18-19H,5H2. The molecule has 0 spiro atoms. The van der Waals surface area contributed by atoms with Crippen molar-refractivity contribution < 1.29 is 34.8 Å². The molecule has 0 saturated carbocycles. The third-order valence-electron chi connectivity index (χ3n) is 2.71. The van der Waals surface area contributed by atoms with Crippen molar-refractivity contribution in [3.05, 3.63) is 30.0 Å². The van der Waals surface area contributed by atoms with Crippen LogP contribution >= 0.6 is 0 Å². The maximum Gasteiger partial charge on any atom is 0.416 e. The largest absolute Gasteiger partial charge is 0.416 e. The Kier molecular flexibility index (Phi) is 3.90. The molecule has 122 valence electrons. The number of benzene rings is 1. The molecule has 22 heavy (non-hydrogen) atoms. The minimum absolute atomic E-state index is 0.136. The first-order chi connectivity index (χ1) is 9.90. The number of aromatic nitrogens is 1. The summed E-state index contributed by atoms with van der Waals surface area (Å²) in [4.78, 5) is 1.53. The highest BCUT2D eigenvalue weighted by molar-refractivity contribution is 7.89. The zero-order chi connectivity index (χ0) is 16.8. The minimum atomic E-state index is -4.84. The van der Waals surface area contributed by atoms with E-state index in [0.717, 1.165) is 6.07 Å². The van der Waals surface area contributed by atoms with Gasteiger partial charge in [0.25, 0.3) is 0 Å². The molecule has 0 aliphatic carbocycles. The van der Waals surface area contributed by atoms with Crippen molar-refractivity contribution in [2.24, 2.45) is 0 Å². The van der Waals surface area contributed by atoms with E-state index in [0.29, 0.717) is 12.1 Å². The number of halogens is 6. The number of nitrogens with one attached hydrogen (secondary N) is 2. The van der Waals surface area contributed by atoms with Crippen molar-refractivity contribution in [3.63, 3.8) is 0 Å². The number of hydrogen-bond donors (Lipinski definition) is 2. The molecular formula is C11H8F6N2O2S. The van der Waals surface area contributed by atoms with Crippen molar-refractivity contribution in [3.8, 4) is 0 Å². The number of alkyl halides is 6. The Morgan fingerprint density at radius 1 is 1.09 bits per heavy atom. The molecular weight excluding hydrogens is 338 g/mol. The van der Waals surface area contributed by atoms with E-state index in [1.165, 1.54) is 10.9 Å². The van der Waals surface area contributed by atoms with Gasteiger partial charge in [0.15, 0.2) is 0 Å². The molecule has 1 aromatic heterocycles. The predicted molar refractivity (Wildman–Crippen MR) is 64.5 cm³/mol. The maximum absolute atomic E-state index is 12.8. The van der Waals surface area contributed by atoms with E-state index in [2.05, 4.69) is 4.98 Å². The zero-order valence-electron chi connectivity index (χ0n) is 10.5. The van der Waals surface area contributed by atoms with Crippen LogP contribution in [-0.4, -0.2) is 26.1 Å². The lowest BCUT2D eigenvalue weighted by molar-refractivity contribution is -0.137. The first-order valence-electron chi connectivity index (χ1n) is 5.65. The molecule has 0 fully saturated rings. The average molecular weight is 346 g/mol. The van der Waals surface area contributed by atoms with Crippen LogP contribution < -0.4 is 4.72 Å². The van der Waals surface area contributed by atoms with E-state index in [1.54, 1.807) is 0 Å². The quantitative estimate of drug-likeness (QED) is 0.840. The number of hydrogen-bond acceptors (Lipinski definition) is 2. The Morgan fingerprint density at radius 3 is 2.27 bits per heavy atom. The highest BCUT2D eigenvalue weighted by Gasteiger charge is 2.35. The summed E-state index contributed by atoms with van der Waals surface area (Å²) >= 11 is 0. The van der Waals surface area contributed by atoms with Crippen molar-refractivity contribution in [1.29, 1.82) is 0 Å². The number of aromatic amines is 1. The Balaban J connectivity index is 2.56. The first kappa shape index (κ1) is 16.6. The van der Waals surface area contributed by atoms with Gasteiger partial charge in [0.05, 0.1) is 10.5 Å². The van der Waals surface area contributed by atoms with Gasteiger partial charge in [-0.15, -0.1) is 0 Å². The third kappa shape index (κ3) is 3.53. The third-order valence-corrected chi connectivity index (χ3v) is 4.15. The smallest absolute Gasteiger partial charge is 0.361 e. The molecule has 1 heterocycles. The maximum atomic E-state index is 12.8. The Bertz CT molecular complexity index is 791. The fraction of sp³-hybridized carbons (Fsp3) is 0.273. The lowest BCUT2D eigenvalue weighted by atomic mass is 10.1. The molecule has 2 rings (SSSR count). The van der Waals surface area contributed by atoms with Crippen LogP contribution in [-0.2, 0) is 16.2 Å². The second-order valence-electron chi connectivity index (χ2n) is 4.35. The summed E-state index contributed by atoms with van der Waals surface area (Å²) in [5.41, 5.74) is -1.43. The summed E-state index contributed by atoms with van der Waals surface area (Å²) < 4.78 is 99.6. The molecule has 0 aliphatic rings. The summed E-state index contributed by atoms with van der Waals surface area (Å²) in [6, 6.07) is 2.14. The van der Waals surface area contributed by atoms with Crippen molar-refractivity contribution in [1.82, 2.24) is 9.71 Å². The number of H-pyrrole nitrogens is 1. The van der Waals surface area contributed by atoms with Crippen LogP contribution in [0.5, 0.6) is 0 Å². The second-order valence-corrected chi connectivity index (χ2v) is 6.09. The van der Waals surface area contributed by atoms with E-state index in [-0.39, 0.29) is 10.9 Å². The van der Waals surface area contributed by atoms with Crippen molar-refractivity contribution >= 4 is 20.9 Å². The fourth-order valence-corrected chi connectivity index (χ4v) is 3.03. The molecule has 0 bridgehead atoms. The average Bonchev–Trinajstić information content (AvgIpc) is 2.81. The normalized spacial score (nSPS) is 13.7. The lowest BCUT2D eigenvalue weighted by Crippen LogP contribution is -2.34. The molecule has 4 nitrogen and oxygen atoms in total. The number of sulfonamides is 1. The van der Waals surface area contributed by atoms with Gasteiger partial charge in [-0.05, 0) is 18.2 Å². The van der Waals surface area contributed by atoms with Gasteiger partial charge < -0.3 is 4.98 Å². The highest BCUT2D eigenvalue weighted by atomic mass is 32.2. The monoisotopic (exact) mass is 346 g/mol. The summed E-state index contributed by atoms with van der Waals surface area (Å²) in [5.74, 6) is 0. The van der Waals surface area contributed by atoms with Crippen molar-refractivity contribution in [2.45, 2.75) is 17.2 Å². The molecule has 0 atom stereocenters. The molecule has 1 aromatic carbocycles. The summed E-state index contributed by atoms with van der Waals surface area (Å²) in [7, 11) is -4.76. The molecule has 0 saturated heterocycles. The van der Waals surface area contributed by atoms with Crippen LogP contribution in [0.15, 0.2) is 29.3 Å². The van der Waals surface area contributed by atoms with Crippen LogP contribution in [0, 0.1) is 0 Å². The molecule has 11 heteroatoms. The Hall–Kier alpha value is -1.75. The van der Waals surface area contributed by atoms with Gasteiger partial charge in [0.2, 0.25) is 10.0 Å². The van der Waals surface area contributed by atoms with E-state index < -0.39 is 39.4 Å². The van der Waals surface area contributed by atoms with E-state index in [4.69, 9.17) is 0 Å². The SMILES string of the molecule is O=S(=O)(NCC(F)(F)F)c1cc(C(F)(F)F)cc2[nH]ccc12. The molecule has 0 amide bonds. The lowest BCUT2D eigenvalue weighted by Gasteiger charge is -2.13. The van der Waals surface area contributed by atoms with Crippen LogP contribution in [0.25, 0.3) is 10.9 Å². The predicted octanol–water partition coefficient (Wildman–Crippen LogP) is 3.03. The van der Waals surface area contributed by atoms with Crippen LogP contribution in [0.3, 0.4) is 0 Å². The molecule has 2 aromatic rings. The Labute approximate surface area is 120 Å². The van der Waals surface area contributed by atoms with Gasteiger partial charge in [-0.2, -0.15) is 26.3 Å². The van der Waals surface area contributed by atoms with E-state index in [1.807, 2.05) is 0 Å². The van der Waals surface area contributed by atoms with E-state index in [9.17, 15) is 34.8 Å². The van der Waals surface area contributed by atoms with Gasteiger partial charge in [-0.3, -0.25) is 0 Å². The molecule has 2 N–H and O–H groups in total. The number of rotatable bonds is 3. The fourth-order valence-electron chi connectivity index (χ4n) is 1.77. The van der Waals surface area contributed by atoms with Crippen LogP contribution in [0.4, 0.5) is 26.3 Å². The van der Waals surface area contributed by atoms with Gasteiger partial charge >= 0.3 is 12.4 Å². The van der Waals surface area contributed by atoms with Gasteiger partial charge in [0.1, 0.15) is 6.54 Å². The van der Waals surface area contributed by atoms with Gasteiger partial charge in [-0.25, -0.2) is 13.1 Å². The topological polar surface area (TPSA) is 62.0 Å². The Morgan fingerprint density at radius 2 is 1.73 bits per heavy atom. The molecule has 0 radical (unpaired) electrons.